The fourth-order valence-corrected chi connectivity index (χ4v) is 1.98. The maximum absolute atomic E-state index is 10.8. The summed E-state index contributed by atoms with van der Waals surface area (Å²) in [5, 5.41) is 8.89. The molecule has 0 aliphatic heterocycles. The summed E-state index contributed by atoms with van der Waals surface area (Å²) in [6, 6.07) is 7.87. The zero-order chi connectivity index (χ0) is 14.8. The number of nitrogens with zero attached hydrogens (tertiary/aromatic N) is 1. The molecule has 0 bridgehead atoms. The van der Waals surface area contributed by atoms with Crippen LogP contribution in [0.5, 0.6) is 5.75 Å². The van der Waals surface area contributed by atoms with Gasteiger partial charge in [0.25, 0.3) is 0 Å². The highest BCUT2D eigenvalue weighted by atomic mass is 16.5. The third kappa shape index (κ3) is 5.51. The Bertz CT molecular complexity index is 406. The Morgan fingerprint density at radius 2 is 1.95 bits per heavy atom. The maximum Gasteiger partial charge on any atom is 0.305 e. The number of carbonyl (C=O) groups is 1. The Balaban J connectivity index is 2.84. The van der Waals surface area contributed by atoms with E-state index in [4.69, 9.17) is 9.84 Å². The van der Waals surface area contributed by atoms with Crippen molar-refractivity contribution >= 4 is 11.7 Å². The van der Waals surface area contributed by atoms with Crippen molar-refractivity contribution in [1.29, 1.82) is 0 Å². The molecule has 0 aliphatic rings. The number of ether oxygens (including phenoxy) is 1. The van der Waals surface area contributed by atoms with Gasteiger partial charge in [-0.05, 0) is 25.0 Å². The number of hydrogen-bond acceptors (Lipinski definition) is 3. The van der Waals surface area contributed by atoms with Crippen LogP contribution in [0, 0.1) is 0 Å². The van der Waals surface area contributed by atoms with Crippen molar-refractivity contribution in [3.05, 3.63) is 24.3 Å². The molecule has 0 radical (unpaired) electrons. The van der Waals surface area contributed by atoms with Gasteiger partial charge in [0, 0.05) is 13.1 Å². The predicted molar refractivity (Wildman–Crippen MR) is 81.6 cm³/mol. The SMILES string of the molecule is CCCCN(CCC(=O)O)c1ccccc1OCCC. The van der Waals surface area contributed by atoms with E-state index >= 15 is 0 Å². The lowest BCUT2D eigenvalue weighted by Gasteiger charge is -2.26. The average molecular weight is 279 g/mol. The largest absolute Gasteiger partial charge is 0.491 e. The molecule has 0 saturated carbocycles. The van der Waals surface area contributed by atoms with E-state index in [-0.39, 0.29) is 6.42 Å². The van der Waals surface area contributed by atoms with Crippen LogP contribution in [0.3, 0.4) is 0 Å². The van der Waals surface area contributed by atoms with E-state index in [2.05, 4.69) is 18.7 Å². The third-order valence-electron chi connectivity index (χ3n) is 3.04. The third-order valence-corrected chi connectivity index (χ3v) is 3.04. The minimum Gasteiger partial charge on any atom is -0.491 e. The van der Waals surface area contributed by atoms with Gasteiger partial charge in [0.1, 0.15) is 5.75 Å². The van der Waals surface area contributed by atoms with Crippen LogP contribution in [0.2, 0.25) is 0 Å². The van der Waals surface area contributed by atoms with Crippen molar-refractivity contribution < 1.29 is 14.6 Å². The smallest absolute Gasteiger partial charge is 0.305 e. The predicted octanol–water partition coefficient (Wildman–Crippen LogP) is 3.56. The average Bonchev–Trinajstić information content (AvgIpc) is 2.45. The highest BCUT2D eigenvalue weighted by molar-refractivity contribution is 5.68. The van der Waals surface area contributed by atoms with Crippen LogP contribution < -0.4 is 9.64 Å². The van der Waals surface area contributed by atoms with Gasteiger partial charge in [-0.3, -0.25) is 4.79 Å². The summed E-state index contributed by atoms with van der Waals surface area (Å²) in [7, 11) is 0. The van der Waals surface area contributed by atoms with Crippen molar-refractivity contribution in [2.75, 3.05) is 24.6 Å². The topological polar surface area (TPSA) is 49.8 Å². The summed E-state index contributed by atoms with van der Waals surface area (Å²) in [6.07, 6.45) is 3.23. The van der Waals surface area contributed by atoms with Gasteiger partial charge in [0.05, 0.1) is 18.7 Å². The van der Waals surface area contributed by atoms with Crippen molar-refractivity contribution in [1.82, 2.24) is 0 Å². The number of benzene rings is 1. The van der Waals surface area contributed by atoms with E-state index in [1.54, 1.807) is 0 Å². The molecular weight excluding hydrogens is 254 g/mol. The first-order chi connectivity index (χ1) is 9.69. The lowest BCUT2D eigenvalue weighted by molar-refractivity contribution is -0.136. The molecule has 4 nitrogen and oxygen atoms in total. The maximum atomic E-state index is 10.8. The monoisotopic (exact) mass is 279 g/mol. The quantitative estimate of drug-likeness (QED) is 0.711. The number of hydrogen-bond donors (Lipinski definition) is 1. The number of carboxylic acids is 1. The molecule has 0 saturated heterocycles. The molecule has 1 rings (SSSR count). The summed E-state index contributed by atoms with van der Waals surface area (Å²) in [4.78, 5) is 12.9. The molecule has 0 heterocycles. The minimum absolute atomic E-state index is 0.145. The Hall–Kier alpha value is -1.71. The standard InChI is InChI=1S/C16H25NO3/c1-3-5-11-17(12-10-16(18)19)14-8-6-7-9-15(14)20-13-4-2/h6-9H,3-5,10-13H2,1-2H3,(H,18,19). The molecule has 0 fully saturated rings. The molecule has 20 heavy (non-hydrogen) atoms. The second-order valence-electron chi connectivity index (χ2n) is 4.80. The molecule has 0 amide bonds. The second kappa shape index (κ2) is 9.23. The summed E-state index contributed by atoms with van der Waals surface area (Å²) in [6.45, 7) is 6.26. The number of para-hydroxylation sites is 2. The van der Waals surface area contributed by atoms with Crippen molar-refractivity contribution in [3.63, 3.8) is 0 Å². The van der Waals surface area contributed by atoms with E-state index < -0.39 is 5.97 Å². The highest BCUT2D eigenvalue weighted by Crippen LogP contribution is 2.28. The van der Waals surface area contributed by atoms with Crippen LogP contribution in [0.4, 0.5) is 5.69 Å². The number of rotatable bonds is 10. The number of carboxylic acid groups (broad SMARTS) is 1. The molecule has 1 N–H and O–H groups in total. The Labute approximate surface area is 121 Å². The van der Waals surface area contributed by atoms with E-state index in [1.165, 1.54) is 0 Å². The first kappa shape index (κ1) is 16.3. The van der Waals surface area contributed by atoms with Gasteiger partial charge in [-0.15, -0.1) is 0 Å². The number of unbranched alkanes of at least 4 members (excludes halogenated alkanes) is 1. The van der Waals surface area contributed by atoms with Gasteiger partial charge < -0.3 is 14.7 Å². The van der Waals surface area contributed by atoms with E-state index in [0.717, 1.165) is 37.2 Å². The lowest BCUT2D eigenvalue weighted by Crippen LogP contribution is -2.27. The van der Waals surface area contributed by atoms with Crippen LogP contribution in [0.25, 0.3) is 0 Å². The van der Waals surface area contributed by atoms with Gasteiger partial charge in [0.2, 0.25) is 0 Å². The van der Waals surface area contributed by atoms with Gasteiger partial charge >= 0.3 is 5.97 Å². The molecule has 1 aromatic carbocycles. The van der Waals surface area contributed by atoms with E-state index in [0.29, 0.717) is 13.2 Å². The molecule has 0 aromatic heterocycles. The molecule has 4 heteroatoms. The summed E-state index contributed by atoms with van der Waals surface area (Å²) in [5.41, 5.74) is 0.996. The summed E-state index contributed by atoms with van der Waals surface area (Å²) >= 11 is 0. The van der Waals surface area contributed by atoms with Crippen molar-refractivity contribution in [2.45, 2.75) is 39.5 Å². The van der Waals surface area contributed by atoms with Crippen molar-refractivity contribution in [2.24, 2.45) is 0 Å². The fourth-order valence-electron chi connectivity index (χ4n) is 1.98. The van der Waals surface area contributed by atoms with Crippen LogP contribution in [-0.2, 0) is 4.79 Å². The minimum atomic E-state index is -0.765. The van der Waals surface area contributed by atoms with E-state index in [9.17, 15) is 4.79 Å². The van der Waals surface area contributed by atoms with Crippen LogP contribution >= 0.6 is 0 Å². The van der Waals surface area contributed by atoms with Crippen LogP contribution in [-0.4, -0.2) is 30.8 Å². The van der Waals surface area contributed by atoms with Gasteiger partial charge in [-0.2, -0.15) is 0 Å². The molecule has 0 unspecified atom stereocenters. The number of anilines is 1. The van der Waals surface area contributed by atoms with E-state index in [1.807, 2.05) is 24.3 Å². The summed E-state index contributed by atoms with van der Waals surface area (Å²) in [5.74, 6) is 0.0781. The van der Waals surface area contributed by atoms with Gasteiger partial charge in [0.15, 0.2) is 0 Å². The Kier molecular flexibility index (Phi) is 7.55. The summed E-state index contributed by atoms with van der Waals surface area (Å²) < 4.78 is 5.76. The normalized spacial score (nSPS) is 10.3. The molecular formula is C16H25NO3. The Morgan fingerprint density at radius 3 is 2.60 bits per heavy atom. The first-order valence-corrected chi connectivity index (χ1v) is 7.37. The molecule has 0 atom stereocenters. The lowest BCUT2D eigenvalue weighted by atomic mass is 10.2. The van der Waals surface area contributed by atoms with Gasteiger partial charge in [-0.1, -0.05) is 32.4 Å². The van der Waals surface area contributed by atoms with Crippen molar-refractivity contribution in [3.8, 4) is 5.75 Å². The zero-order valence-corrected chi connectivity index (χ0v) is 12.5. The molecule has 112 valence electrons. The van der Waals surface area contributed by atoms with Gasteiger partial charge in [-0.25, -0.2) is 0 Å². The molecule has 0 aliphatic carbocycles. The Morgan fingerprint density at radius 1 is 1.20 bits per heavy atom. The number of aliphatic carboxylic acids is 1. The fraction of sp³-hybridized carbons (Fsp3) is 0.562. The first-order valence-electron chi connectivity index (χ1n) is 7.37. The molecule has 1 aromatic rings. The second-order valence-corrected chi connectivity index (χ2v) is 4.80. The molecule has 0 spiro atoms. The highest BCUT2D eigenvalue weighted by Gasteiger charge is 2.13. The zero-order valence-electron chi connectivity index (χ0n) is 12.5. The van der Waals surface area contributed by atoms with Crippen LogP contribution in [0.1, 0.15) is 39.5 Å². The van der Waals surface area contributed by atoms with Crippen LogP contribution in [0.15, 0.2) is 24.3 Å².